The SMILES string of the molecule is COc1ccc(CC(C)Nc2c(C)noc2-c2ccc(-c3ccccc3)cc2)cc1. The van der Waals surface area contributed by atoms with Gasteiger partial charge in [-0.05, 0) is 49.1 Å². The van der Waals surface area contributed by atoms with Crippen molar-refractivity contribution in [2.45, 2.75) is 26.3 Å². The van der Waals surface area contributed by atoms with Crippen molar-refractivity contribution < 1.29 is 9.26 Å². The summed E-state index contributed by atoms with van der Waals surface area (Å²) in [4.78, 5) is 0. The van der Waals surface area contributed by atoms with Crippen LogP contribution >= 0.6 is 0 Å². The fraction of sp³-hybridized carbons (Fsp3) is 0.192. The Bertz CT molecular complexity index is 1080. The molecular weight excluding hydrogens is 372 g/mol. The highest BCUT2D eigenvalue weighted by Gasteiger charge is 2.17. The van der Waals surface area contributed by atoms with E-state index in [1.165, 1.54) is 16.7 Å². The molecule has 30 heavy (non-hydrogen) atoms. The van der Waals surface area contributed by atoms with Crippen LogP contribution in [0.4, 0.5) is 5.69 Å². The standard InChI is InChI=1S/C26H26N2O2/c1-18(17-20-9-15-24(29-3)16-10-20)27-25-19(2)28-30-26(25)23-13-11-22(12-14-23)21-7-5-4-6-8-21/h4-16,18,27H,17H2,1-3H3. The third-order valence-corrected chi connectivity index (χ3v) is 5.21. The molecule has 0 aliphatic carbocycles. The molecule has 1 N–H and O–H groups in total. The number of rotatable bonds is 7. The number of hydrogen-bond donors (Lipinski definition) is 1. The first-order valence-corrected chi connectivity index (χ1v) is 10.2. The van der Waals surface area contributed by atoms with Crippen molar-refractivity contribution in [3.05, 3.63) is 90.1 Å². The molecule has 0 aliphatic rings. The van der Waals surface area contributed by atoms with Gasteiger partial charge >= 0.3 is 0 Å². The smallest absolute Gasteiger partial charge is 0.190 e. The maximum atomic E-state index is 5.68. The number of nitrogens with one attached hydrogen (secondary N) is 1. The maximum absolute atomic E-state index is 5.68. The molecule has 0 saturated heterocycles. The van der Waals surface area contributed by atoms with E-state index in [0.717, 1.165) is 34.9 Å². The van der Waals surface area contributed by atoms with Gasteiger partial charge in [0.15, 0.2) is 5.76 Å². The maximum Gasteiger partial charge on any atom is 0.190 e. The van der Waals surface area contributed by atoms with Crippen LogP contribution in [0.1, 0.15) is 18.2 Å². The first kappa shape index (κ1) is 19.8. The summed E-state index contributed by atoms with van der Waals surface area (Å²) in [5, 5.41) is 7.80. The second-order valence-corrected chi connectivity index (χ2v) is 7.51. The van der Waals surface area contributed by atoms with Crippen LogP contribution in [0.5, 0.6) is 5.75 Å². The van der Waals surface area contributed by atoms with Crippen molar-refractivity contribution in [3.8, 4) is 28.2 Å². The lowest BCUT2D eigenvalue weighted by atomic mass is 10.0. The van der Waals surface area contributed by atoms with Crippen LogP contribution in [0, 0.1) is 6.92 Å². The van der Waals surface area contributed by atoms with Gasteiger partial charge < -0.3 is 14.6 Å². The molecule has 1 aromatic heterocycles. The van der Waals surface area contributed by atoms with E-state index in [9.17, 15) is 0 Å². The second-order valence-electron chi connectivity index (χ2n) is 7.51. The van der Waals surface area contributed by atoms with Crippen LogP contribution in [-0.2, 0) is 6.42 Å². The molecule has 0 spiro atoms. The van der Waals surface area contributed by atoms with Crippen molar-refractivity contribution in [3.63, 3.8) is 0 Å². The molecule has 3 aromatic carbocycles. The molecular formula is C26H26N2O2. The van der Waals surface area contributed by atoms with E-state index in [2.05, 4.69) is 78.1 Å². The van der Waals surface area contributed by atoms with Crippen LogP contribution in [-0.4, -0.2) is 18.3 Å². The fourth-order valence-corrected chi connectivity index (χ4v) is 3.59. The summed E-state index contributed by atoms with van der Waals surface area (Å²) in [6.45, 7) is 4.13. The lowest BCUT2D eigenvalue weighted by molar-refractivity contribution is 0.414. The van der Waals surface area contributed by atoms with Gasteiger partial charge in [-0.15, -0.1) is 0 Å². The van der Waals surface area contributed by atoms with Crippen LogP contribution in [0.15, 0.2) is 83.4 Å². The molecule has 0 radical (unpaired) electrons. The molecule has 4 aromatic rings. The normalized spacial score (nSPS) is 11.8. The number of benzene rings is 3. The molecule has 0 bridgehead atoms. The van der Waals surface area contributed by atoms with E-state index in [4.69, 9.17) is 9.26 Å². The van der Waals surface area contributed by atoms with Crippen molar-refractivity contribution in [2.24, 2.45) is 0 Å². The Hall–Kier alpha value is -3.53. The van der Waals surface area contributed by atoms with E-state index < -0.39 is 0 Å². The lowest BCUT2D eigenvalue weighted by Crippen LogP contribution is -2.18. The summed E-state index contributed by atoms with van der Waals surface area (Å²) in [6.07, 6.45) is 0.890. The fourth-order valence-electron chi connectivity index (χ4n) is 3.59. The predicted molar refractivity (Wildman–Crippen MR) is 122 cm³/mol. The van der Waals surface area contributed by atoms with Crippen LogP contribution < -0.4 is 10.1 Å². The zero-order valence-corrected chi connectivity index (χ0v) is 17.6. The zero-order valence-electron chi connectivity index (χ0n) is 17.6. The molecule has 1 atom stereocenters. The first-order valence-electron chi connectivity index (χ1n) is 10.2. The molecule has 0 fully saturated rings. The minimum Gasteiger partial charge on any atom is -0.497 e. The van der Waals surface area contributed by atoms with E-state index >= 15 is 0 Å². The largest absolute Gasteiger partial charge is 0.497 e. The summed E-state index contributed by atoms with van der Waals surface area (Å²) in [5.41, 5.74) is 6.44. The van der Waals surface area contributed by atoms with Gasteiger partial charge in [0.25, 0.3) is 0 Å². The average molecular weight is 399 g/mol. The number of aryl methyl sites for hydroxylation is 1. The van der Waals surface area contributed by atoms with Gasteiger partial charge in [0.05, 0.1) is 7.11 Å². The number of hydrogen-bond acceptors (Lipinski definition) is 4. The van der Waals surface area contributed by atoms with Gasteiger partial charge in [0.1, 0.15) is 17.1 Å². The topological polar surface area (TPSA) is 47.3 Å². The minimum atomic E-state index is 0.221. The summed E-state index contributed by atoms with van der Waals surface area (Å²) >= 11 is 0. The number of aromatic nitrogens is 1. The molecule has 0 aliphatic heterocycles. The number of nitrogens with zero attached hydrogens (tertiary/aromatic N) is 1. The summed E-state index contributed by atoms with van der Waals surface area (Å²) in [6, 6.07) is 27.2. The third-order valence-electron chi connectivity index (χ3n) is 5.21. The Morgan fingerprint density at radius 2 is 1.50 bits per heavy atom. The molecule has 1 unspecified atom stereocenters. The monoisotopic (exact) mass is 398 g/mol. The zero-order chi connectivity index (χ0) is 20.9. The van der Waals surface area contributed by atoms with Gasteiger partial charge in [0.2, 0.25) is 0 Å². The van der Waals surface area contributed by atoms with Gasteiger partial charge in [-0.25, -0.2) is 0 Å². The molecule has 4 rings (SSSR count). The van der Waals surface area contributed by atoms with Crippen molar-refractivity contribution >= 4 is 5.69 Å². The van der Waals surface area contributed by atoms with Gasteiger partial charge in [-0.3, -0.25) is 0 Å². The van der Waals surface area contributed by atoms with Crippen molar-refractivity contribution in [1.82, 2.24) is 5.16 Å². The molecule has 4 nitrogen and oxygen atoms in total. The number of methoxy groups -OCH3 is 1. The molecule has 0 saturated carbocycles. The number of ether oxygens (including phenoxy) is 1. The third kappa shape index (κ3) is 4.38. The summed E-state index contributed by atoms with van der Waals surface area (Å²) in [7, 11) is 1.68. The first-order chi connectivity index (χ1) is 14.6. The molecule has 0 amide bonds. The highest BCUT2D eigenvalue weighted by Crippen LogP contribution is 2.33. The summed E-state index contributed by atoms with van der Waals surface area (Å²) in [5.74, 6) is 1.64. The van der Waals surface area contributed by atoms with E-state index in [1.54, 1.807) is 7.11 Å². The summed E-state index contributed by atoms with van der Waals surface area (Å²) < 4.78 is 10.9. The van der Waals surface area contributed by atoms with E-state index in [-0.39, 0.29) is 6.04 Å². The lowest BCUT2D eigenvalue weighted by Gasteiger charge is -2.16. The Morgan fingerprint density at radius 1 is 0.867 bits per heavy atom. The second kappa shape index (κ2) is 8.87. The van der Waals surface area contributed by atoms with E-state index in [0.29, 0.717) is 0 Å². The highest BCUT2D eigenvalue weighted by atomic mass is 16.5. The molecule has 152 valence electrons. The van der Waals surface area contributed by atoms with Gasteiger partial charge in [0, 0.05) is 11.6 Å². The Kier molecular flexibility index (Phi) is 5.84. The van der Waals surface area contributed by atoms with Gasteiger partial charge in [-0.1, -0.05) is 71.9 Å². The van der Waals surface area contributed by atoms with Crippen LogP contribution in [0.2, 0.25) is 0 Å². The van der Waals surface area contributed by atoms with Gasteiger partial charge in [-0.2, -0.15) is 0 Å². The number of anilines is 1. The van der Waals surface area contributed by atoms with Crippen LogP contribution in [0.25, 0.3) is 22.5 Å². The molecule has 1 heterocycles. The average Bonchev–Trinajstić information content (AvgIpc) is 3.15. The van der Waals surface area contributed by atoms with E-state index in [1.807, 2.05) is 25.1 Å². The Morgan fingerprint density at radius 3 is 2.17 bits per heavy atom. The van der Waals surface area contributed by atoms with Crippen molar-refractivity contribution in [1.29, 1.82) is 0 Å². The van der Waals surface area contributed by atoms with Crippen LogP contribution in [0.3, 0.4) is 0 Å². The Labute approximate surface area is 177 Å². The van der Waals surface area contributed by atoms with Crippen molar-refractivity contribution in [2.75, 3.05) is 12.4 Å². The predicted octanol–water partition coefficient (Wildman–Crippen LogP) is 6.37. The Balaban J connectivity index is 1.51. The molecule has 4 heteroatoms. The highest BCUT2D eigenvalue weighted by molar-refractivity contribution is 5.76. The quantitative estimate of drug-likeness (QED) is 0.393. The minimum absolute atomic E-state index is 0.221.